The van der Waals surface area contributed by atoms with Gasteiger partial charge in [-0.2, -0.15) is 0 Å². The van der Waals surface area contributed by atoms with Crippen LogP contribution in [0, 0.1) is 5.92 Å². The van der Waals surface area contributed by atoms with Gasteiger partial charge in [0.15, 0.2) is 0 Å². The van der Waals surface area contributed by atoms with Gasteiger partial charge in [0.1, 0.15) is 0 Å². The molecule has 0 radical (unpaired) electrons. The van der Waals surface area contributed by atoms with E-state index in [1.54, 1.807) is 0 Å². The molecule has 1 heterocycles. The minimum Gasteiger partial charge on any atom is -0.353 e. The van der Waals surface area contributed by atoms with Crippen molar-refractivity contribution in [1.82, 2.24) is 10.6 Å². The maximum atomic E-state index is 11.9. The molecular weight excluding hydrogens is 188 g/mol. The zero-order valence-corrected chi connectivity index (χ0v) is 9.17. The Balaban J connectivity index is 1.77. The van der Waals surface area contributed by atoms with E-state index >= 15 is 0 Å². The Morgan fingerprint density at radius 3 is 2.67 bits per heavy atom. The van der Waals surface area contributed by atoms with Gasteiger partial charge < -0.3 is 10.6 Å². The average Bonchev–Trinajstić information content (AvgIpc) is 2.31. The third-order valence-corrected chi connectivity index (χ3v) is 3.33. The molecule has 3 heteroatoms. The molecule has 1 unspecified atom stereocenters. The lowest BCUT2D eigenvalue weighted by atomic mass is 9.95. The van der Waals surface area contributed by atoms with Crippen LogP contribution in [0.15, 0.2) is 12.2 Å². The molecule has 1 aliphatic carbocycles. The van der Waals surface area contributed by atoms with Gasteiger partial charge >= 0.3 is 0 Å². The van der Waals surface area contributed by atoms with Gasteiger partial charge in [0.05, 0.1) is 0 Å². The van der Waals surface area contributed by atoms with Gasteiger partial charge in [-0.05, 0) is 45.2 Å². The largest absolute Gasteiger partial charge is 0.353 e. The molecule has 84 valence electrons. The molecule has 2 aliphatic rings. The van der Waals surface area contributed by atoms with Crippen LogP contribution < -0.4 is 10.6 Å². The van der Waals surface area contributed by atoms with Crippen LogP contribution in [0.5, 0.6) is 0 Å². The van der Waals surface area contributed by atoms with Crippen LogP contribution >= 0.6 is 0 Å². The second-order valence-electron chi connectivity index (χ2n) is 4.51. The Kier molecular flexibility index (Phi) is 3.78. The van der Waals surface area contributed by atoms with Crippen molar-refractivity contribution in [2.24, 2.45) is 5.92 Å². The van der Waals surface area contributed by atoms with Gasteiger partial charge in [0.25, 0.3) is 0 Å². The summed E-state index contributed by atoms with van der Waals surface area (Å²) in [5.41, 5.74) is 0. The normalized spacial score (nSPS) is 27.6. The van der Waals surface area contributed by atoms with Crippen LogP contribution in [-0.2, 0) is 4.79 Å². The number of piperidine rings is 1. The van der Waals surface area contributed by atoms with E-state index in [0.29, 0.717) is 6.04 Å². The van der Waals surface area contributed by atoms with Crippen molar-refractivity contribution >= 4 is 5.91 Å². The van der Waals surface area contributed by atoms with Gasteiger partial charge in [-0.1, -0.05) is 12.2 Å². The minimum absolute atomic E-state index is 0.247. The number of carbonyl (C=O) groups excluding carboxylic acids is 1. The molecular formula is C12H20N2O. The van der Waals surface area contributed by atoms with Crippen molar-refractivity contribution in [2.45, 2.75) is 38.1 Å². The molecule has 1 atom stereocenters. The van der Waals surface area contributed by atoms with E-state index in [1.165, 1.54) is 0 Å². The summed E-state index contributed by atoms with van der Waals surface area (Å²) in [4.78, 5) is 11.9. The molecule has 2 rings (SSSR count). The first-order valence-electron chi connectivity index (χ1n) is 6.02. The minimum atomic E-state index is 0.247. The van der Waals surface area contributed by atoms with Gasteiger partial charge in [-0.15, -0.1) is 0 Å². The number of carbonyl (C=O) groups is 1. The van der Waals surface area contributed by atoms with E-state index in [-0.39, 0.29) is 11.8 Å². The lowest BCUT2D eigenvalue weighted by Crippen LogP contribution is -2.42. The number of rotatable bonds is 2. The molecule has 3 nitrogen and oxygen atoms in total. The van der Waals surface area contributed by atoms with Gasteiger partial charge in [-0.3, -0.25) is 4.79 Å². The van der Waals surface area contributed by atoms with E-state index in [0.717, 1.165) is 45.2 Å². The number of allylic oxidation sites excluding steroid dienone is 1. The van der Waals surface area contributed by atoms with Crippen molar-refractivity contribution in [1.29, 1.82) is 0 Å². The lowest BCUT2D eigenvalue weighted by Gasteiger charge is -2.25. The molecule has 0 aromatic rings. The molecule has 0 spiro atoms. The second-order valence-corrected chi connectivity index (χ2v) is 4.51. The first-order valence-corrected chi connectivity index (χ1v) is 6.02. The smallest absolute Gasteiger partial charge is 0.223 e. The highest BCUT2D eigenvalue weighted by atomic mass is 16.1. The summed E-state index contributed by atoms with van der Waals surface area (Å²) in [6, 6.07) is 0.386. The Morgan fingerprint density at radius 1 is 1.20 bits per heavy atom. The SMILES string of the molecule is O=C(NC1CC=CCC1)C1CCNCC1. The Labute approximate surface area is 91.3 Å². The van der Waals surface area contributed by atoms with Crippen molar-refractivity contribution in [3.8, 4) is 0 Å². The van der Waals surface area contributed by atoms with E-state index in [2.05, 4.69) is 22.8 Å². The lowest BCUT2D eigenvalue weighted by molar-refractivity contribution is -0.126. The first kappa shape index (κ1) is 10.7. The topological polar surface area (TPSA) is 41.1 Å². The van der Waals surface area contributed by atoms with Gasteiger partial charge in [0.2, 0.25) is 5.91 Å². The summed E-state index contributed by atoms with van der Waals surface area (Å²) in [5, 5.41) is 6.45. The molecule has 1 amide bonds. The number of amides is 1. The molecule has 1 saturated heterocycles. The zero-order valence-electron chi connectivity index (χ0n) is 9.17. The fourth-order valence-electron chi connectivity index (χ4n) is 2.33. The summed E-state index contributed by atoms with van der Waals surface area (Å²) in [6.07, 6.45) is 9.59. The van der Waals surface area contributed by atoms with E-state index in [9.17, 15) is 4.79 Å². The summed E-state index contributed by atoms with van der Waals surface area (Å²) in [5.74, 6) is 0.522. The van der Waals surface area contributed by atoms with Crippen LogP contribution in [0.25, 0.3) is 0 Å². The van der Waals surface area contributed by atoms with Crippen LogP contribution in [0.4, 0.5) is 0 Å². The van der Waals surface area contributed by atoms with Crippen molar-refractivity contribution in [3.05, 3.63) is 12.2 Å². The molecule has 2 N–H and O–H groups in total. The van der Waals surface area contributed by atoms with E-state index in [4.69, 9.17) is 0 Å². The first-order chi connectivity index (χ1) is 7.36. The highest BCUT2D eigenvalue weighted by Crippen LogP contribution is 2.15. The van der Waals surface area contributed by atoms with Crippen molar-refractivity contribution < 1.29 is 4.79 Å². The maximum Gasteiger partial charge on any atom is 0.223 e. The number of hydrogen-bond acceptors (Lipinski definition) is 2. The fraction of sp³-hybridized carbons (Fsp3) is 0.750. The molecule has 0 bridgehead atoms. The molecule has 0 aromatic heterocycles. The molecule has 15 heavy (non-hydrogen) atoms. The number of nitrogens with one attached hydrogen (secondary N) is 2. The predicted molar refractivity (Wildman–Crippen MR) is 60.5 cm³/mol. The third kappa shape index (κ3) is 3.06. The summed E-state index contributed by atoms with van der Waals surface area (Å²) >= 11 is 0. The summed E-state index contributed by atoms with van der Waals surface area (Å²) in [7, 11) is 0. The quantitative estimate of drug-likeness (QED) is 0.670. The Bertz CT molecular complexity index is 244. The van der Waals surface area contributed by atoms with Crippen LogP contribution in [-0.4, -0.2) is 25.0 Å². The summed E-state index contributed by atoms with van der Waals surface area (Å²) in [6.45, 7) is 1.98. The average molecular weight is 208 g/mol. The van der Waals surface area contributed by atoms with Crippen molar-refractivity contribution in [2.75, 3.05) is 13.1 Å². The standard InChI is InChI=1S/C12H20N2O/c15-12(10-6-8-13-9-7-10)14-11-4-2-1-3-5-11/h1-2,10-11,13H,3-9H2,(H,14,15). The van der Waals surface area contributed by atoms with Crippen molar-refractivity contribution in [3.63, 3.8) is 0 Å². The van der Waals surface area contributed by atoms with Gasteiger partial charge in [0, 0.05) is 12.0 Å². The fourth-order valence-corrected chi connectivity index (χ4v) is 2.33. The Morgan fingerprint density at radius 2 is 2.00 bits per heavy atom. The zero-order chi connectivity index (χ0) is 10.5. The number of hydrogen-bond donors (Lipinski definition) is 2. The maximum absolute atomic E-state index is 11.9. The van der Waals surface area contributed by atoms with Crippen LogP contribution in [0.2, 0.25) is 0 Å². The molecule has 1 aliphatic heterocycles. The van der Waals surface area contributed by atoms with Gasteiger partial charge in [-0.25, -0.2) is 0 Å². The molecule has 1 fully saturated rings. The third-order valence-electron chi connectivity index (χ3n) is 3.33. The molecule has 0 aromatic carbocycles. The second kappa shape index (κ2) is 5.31. The van der Waals surface area contributed by atoms with E-state index < -0.39 is 0 Å². The summed E-state index contributed by atoms with van der Waals surface area (Å²) < 4.78 is 0. The predicted octanol–water partition coefficient (Wildman–Crippen LogP) is 1.21. The molecule has 0 saturated carbocycles. The Hall–Kier alpha value is -0.830. The highest BCUT2D eigenvalue weighted by molar-refractivity contribution is 5.79. The highest BCUT2D eigenvalue weighted by Gasteiger charge is 2.22. The van der Waals surface area contributed by atoms with E-state index in [1.807, 2.05) is 0 Å². The van der Waals surface area contributed by atoms with Crippen LogP contribution in [0.3, 0.4) is 0 Å². The van der Waals surface area contributed by atoms with Crippen LogP contribution in [0.1, 0.15) is 32.1 Å². The monoisotopic (exact) mass is 208 g/mol.